The molecule has 0 aliphatic heterocycles. The zero-order chi connectivity index (χ0) is 12.8. The van der Waals surface area contributed by atoms with Gasteiger partial charge in [0, 0.05) is 10.1 Å². The third-order valence-corrected chi connectivity index (χ3v) is 3.95. The summed E-state index contributed by atoms with van der Waals surface area (Å²) in [5.41, 5.74) is 1.05. The predicted molar refractivity (Wildman–Crippen MR) is 74.9 cm³/mol. The highest BCUT2D eigenvalue weighted by Crippen LogP contribution is 2.22. The van der Waals surface area contributed by atoms with Gasteiger partial charge in [0.15, 0.2) is 0 Å². The normalized spacial score (nSPS) is 11.4. The van der Waals surface area contributed by atoms with E-state index >= 15 is 0 Å². The van der Waals surface area contributed by atoms with E-state index in [0.29, 0.717) is 5.52 Å². The van der Waals surface area contributed by atoms with Gasteiger partial charge in [0.2, 0.25) is 0 Å². The monoisotopic (exact) mass is 268 g/mol. The van der Waals surface area contributed by atoms with Crippen molar-refractivity contribution in [3.05, 3.63) is 52.4 Å². The van der Waals surface area contributed by atoms with Gasteiger partial charge >= 0.3 is 0 Å². The van der Waals surface area contributed by atoms with Crippen molar-refractivity contribution in [1.82, 2.24) is 20.0 Å². The minimum absolute atomic E-state index is 0.189. The van der Waals surface area contributed by atoms with Crippen LogP contribution in [0, 0.1) is 0 Å². The zero-order valence-corrected chi connectivity index (χ0v) is 10.5. The number of aromatic nitrogens is 4. The molecule has 0 unspecified atom stereocenters. The Bertz CT molecular complexity index is 950. The second-order valence-corrected chi connectivity index (χ2v) is 5.15. The van der Waals surface area contributed by atoms with Crippen molar-refractivity contribution < 1.29 is 0 Å². The average molecular weight is 268 g/mol. The fourth-order valence-electron chi connectivity index (χ4n) is 2.10. The first-order valence-electron chi connectivity index (χ1n) is 5.72. The molecule has 3 heterocycles. The maximum atomic E-state index is 12.3. The van der Waals surface area contributed by atoms with Crippen LogP contribution in [0.25, 0.3) is 26.7 Å². The molecule has 0 saturated heterocycles. The Morgan fingerprint density at radius 3 is 3.05 bits per heavy atom. The van der Waals surface area contributed by atoms with Crippen LogP contribution >= 0.6 is 11.3 Å². The first-order valence-corrected chi connectivity index (χ1v) is 6.60. The molecule has 0 aliphatic rings. The van der Waals surface area contributed by atoms with Crippen LogP contribution in [0.15, 0.2) is 46.8 Å². The summed E-state index contributed by atoms with van der Waals surface area (Å²) in [6.07, 6.45) is 3.23. The van der Waals surface area contributed by atoms with Crippen molar-refractivity contribution in [2.45, 2.75) is 0 Å². The summed E-state index contributed by atoms with van der Waals surface area (Å²) in [5.74, 6) is 0. The van der Waals surface area contributed by atoms with E-state index in [9.17, 15) is 4.79 Å². The summed E-state index contributed by atoms with van der Waals surface area (Å²) < 4.78 is 2.52. The quantitative estimate of drug-likeness (QED) is 0.576. The lowest BCUT2D eigenvalue weighted by Crippen LogP contribution is -2.20. The Balaban J connectivity index is 2.02. The second kappa shape index (κ2) is 3.76. The third-order valence-electron chi connectivity index (χ3n) is 3.07. The number of rotatable bonds is 1. The van der Waals surface area contributed by atoms with Gasteiger partial charge in [-0.25, -0.2) is 0 Å². The predicted octanol–water partition coefficient (Wildman–Crippen LogP) is 2.32. The first-order chi connectivity index (χ1) is 9.33. The number of hydrogen-bond acceptors (Lipinski definition) is 4. The van der Waals surface area contributed by atoms with Gasteiger partial charge in [-0.2, -0.15) is 14.9 Å². The fraction of sp³-hybridized carbons (Fsp3) is 0. The van der Waals surface area contributed by atoms with Crippen molar-refractivity contribution >= 4 is 32.3 Å². The molecule has 0 amide bonds. The van der Waals surface area contributed by atoms with E-state index in [2.05, 4.69) is 21.4 Å². The van der Waals surface area contributed by atoms with Crippen LogP contribution < -0.4 is 5.56 Å². The molecule has 4 aromatic rings. The summed E-state index contributed by atoms with van der Waals surface area (Å²) in [7, 11) is 0. The maximum Gasteiger partial charge on any atom is 0.297 e. The molecule has 0 spiro atoms. The van der Waals surface area contributed by atoms with Crippen LogP contribution in [0.3, 0.4) is 0 Å². The number of nitrogens with zero attached hydrogens (tertiary/aromatic N) is 3. The molecule has 0 bridgehead atoms. The number of benzene rings is 1. The molecule has 0 fully saturated rings. The molecule has 4 rings (SSSR count). The number of thiophene rings is 1. The summed E-state index contributed by atoms with van der Waals surface area (Å²) in [5, 5.41) is 14.7. The van der Waals surface area contributed by atoms with Crippen molar-refractivity contribution in [2.75, 3.05) is 0 Å². The maximum absolute atomic E-state index is 12.3. The van der Waals surface area contributed by atoms with Crippen LogP contribution in [-0.2, 0) is 0 Å². The van der Waals surface area contributed by atoms with Crippen LogP contribution in [0.4, 0.5) is 0 Å². The lowest BCUT2D eigenvalue weighted by Gasteiger charge is -2.03. The van der Waals surface area contributed by atoms with Crippen molar-refractivity contribution in [3.63, 3.8) is 0 Å². The summed E-state index contributed by atoms with van der Waals surface area (Å²) >= 11 is 1.64. The third kappa shape index (κ3) is 1.50. The van der Waals surface area contributed by atoms with E-state index in [4.69, 9.17) is 0 Å². The van der Waals surface area contributed by atoms with E-state index in [1.807, 2.05) is 23.6 Å². The summed E-state index contributed by atoms with van der Waals surface area (Å²) in [6.45, 7) is 0. The minimum Gasteiger partial charge on any atom is -0.272 e. The molecular formula is C13H8N4OS. The molecule has 0 atom stereocenters. The van der Waals surface area contributed by atoms with Gasteiger partial charge in [-0.3, -0.25) is 9.89 Å². The topological polar surface area (TPSA) is 63.6 Å². The highest BCUT2D eigenvalue weighted by Gasteiger charge is 2.08. The molecule has 5 nitrogen and oxygen atoms in total. The number of fused-ring (bicyclic) bond motifs is 2. The Kier molecular flexibility index (Phi) is 2.07. The van der Waals surface area contributed by atoms with Crippen LogP contribution in [0.5, 0.6) is 0 Å². The van der Waals surface area contributed by atoms with E-state index < -0.39 is 0 Å². The minimum atomic E-state index is -0.189. The van der Waals surface area contributed by atoms with Crippen LogP contribution in [0.1, 0.15) is 0 Å². The zero-order valence-electron chi connectivity index (χ0n) is 9.70. The Labute approximate surface area is 111 Å². The Morgan fingerprint density at radius 2 is 2.11 bits per heavy atom. The SMILES string of the molecule is O=c1c2[nH]ncc2cnn1-c1ccc2ccsc2c1. The van der Waals surface area contributed by atoms with Gasteiger partial charge in [-0.15, -0.1) is 11.3 Å². The summed E-state index contributed by atoms with van der Waals surface area (Å²) in [4.78, 5) is 12.3. The van der Waals surface area contributed by atoms with Gasteiger partial charge in [0.05, 0.1) is 18.1 Å². The molecule has 3 aromatic heterocycles. The lowest BCUT2D eigenvalue weighted by atomic mass is 10.2. The number of aromatic amines is 1. The van der Waals surface area contributed by atoms with E-state index in [1.165, 1.54) is 10.1 Å². The van der Waals surface area contributed by atoms with E-state index in [-0.39, 0.29) is 5.56 Å². The molecule has 6 heteroatoms. The number of H-pyrrole nitrogens is 1. The lowest BCUT2D eigenvalue weighted by molar-refractivity contribution is 0.819. The molecule has 1 N–H and O–H groups in total. The van der Waals surface area contributed by atoms with Gasteiger partial charge < -0.3 is 0 Å². The number of nitrogens with one attached hydrogen (secondary N) is 1. The Hall–Kier alpha value is -2.47. The molecule has 1 aromatic carbocycles. The van der Waals surface area contributed by atoms with Gasteiger partial charge in [0.1, 0.15) is 5.52 Å². The fourth-order valence-corrected chi connectivity index (χ4v) is 2.92. The van der Waals surface area contributed by atoms with Crippen molar-refractivity contribution in [3.8, 4) is 5.69 Å². The molecule has 0 saturated carbocycles. The van der Waals surface area contributed by atoms with Crippen LogP contribution in [0.2, 0.25) is 0 Å². The molecular weight excluding hydrogens is 260 g/mol. The molecule has 0 radical (unpaired) electrons. The van der Waals surface area contributed by atoms with Gasteiger partial charge in [-0.1, -0.05) is 6.07 Å². The highest BCUT2D eigenvalue weighted by molar-refractivity contribution is 7.17. The smallest absolute Gasteiger partial charge is 0.272 e. The van der Waals surface area contributed by atoms with Gasteiger partial charge in [-0.05, 0) is 29.0 Å². The van der Waals surface area contributed by atoms with Gasteiger partial charge in [0.25, 0.3) is 5.56 Å². The Morgan fingerprint density at radius 1 is 1.16 bits per heavy atom. The van der Waals surface area contributed by atoms with E-state index in [1.54, 1.807) is 23.7 Å². The first kappa shape index (κ1) is 10.5. The largest absolute Gasteiger partial charge is 0.297 e. The van der Waals surface area contributed by atoms with E-state index in [0.717, 1.165) is 15.8 Å². The molecule has 92 valence electrons. The second-order valence-electron chi connectivity index (χ2n) is 4.20. The van der Waals surface area contributed by atoms with Crippen LogP contribution in [-0.4, -0.2) is 20.0 Å². The highest BCUT2D eigenvalue weighted by atomic mass is 32.1. The number of hydrogen-bond donors (Lipinski definition) is 1. The average Bonchev–Trinajstić information content (AvgIpc) is 3.07. The van der Waals surface area contributed by atoms with Crippen molar-refractivity contribution in [1.29, 1.82) is 0 Å². The standard InChI is InChI=1S/C13H8N4OS/c18-13-12-9(6-14-16-12)7-15-17(13)10-2-1-8-3-4-19-11(8)5-10/h1-7H,(H,14,16). The summed E-state index contributed by atoms with van der Waals surface area (Å²) in [6, 6.07) is 7.91. The molecule has 19 heavy (non-hydrogen) atoms. The van der Waals surface area contributed by atoms with Crippen molar-refractivity contribution in [2.24, 2.45) is 0 Å². The molecule has 0 aliphatic carbocycles.